The third kappa shape index (κ3) is 5.24. The van der Waals surface area contributed by atoms with Crippen LogP contribution in [0.25, 0.3) is 0 Å². The molecule has 0 radical (unpaired) electrons. The molecule has 1 atom stereocenters. The van der Waals surface area contributed by atoms with E-state index in [9.17, 15) is 0 Å². The first kappa shape index (κ1) is 12.9. The molecule has 0 spiro atoms. The van der Waals surface area contributed by atoms with Gasteiger partial charge < -0.3 is 15.5 Å². The van der Waals surface area contributed by atoms with Crippen LogP contribution < -0.4 is 5.32 Å². The van der Waals surface area contributed by atoms with Crippen molar-refractivity contribution in [2.45, 2.75) is 27.2 Å². The fourth-order valence-electron chi connectivity index (χ4n) is 0.926. The maximum Gasteiger partial charge on any atom is 0.0518 e. The third-order valence-corrected chi connectivity index (χ3v) is 2.50. The molecule has 0 aromatic carbocycles. The minimum atomic E-state index is -0.381. The van der Waals surface area contributed by atoms with Crippen molar-refractivity contribution in [3.05, 3.63) is 0 Å². The molecule has 1 unspecified atom stereocenters. The predicted molar refractivity (Wildman–Crippen MR) is 54.6 cm³/mol. The molecule has 0 aromatic heterocycles. The Morgan fingerprint density at radius 3 is 2.23 bits per heavy atom. The molecular weight excluding hydrogens is 166 g/mol. The van der Waals surface area contributed by atoms with Crippen LogP contribution in [0.1, 0.15) is 27.2 Å². The highest BCUT2D eigenvalue weighted by molar-refractivity contribution is 4.75. The lowest BCUT2D eigenvalue weighted by Crippen LogP contribution is -2.39. The Kier molecular flexibility index (Phi) is 6.29. The van der Waals surface area contributed by atoms with Crippen molar-refractivity contribution in [2.24, 2.45) is 11.3 Å². The van der Waals surface area contributed by atoms with Crippen molar-refractivity contribution in [3.8, 4) is 0 Å². The van der Waals surface area contributed by atoms with E-state index in [1.54, 1.807) is 0 Å². The molecule has 0 bridgehead atoms. The van der Waals surface area contributed by atoms with E-state index in [-0.39, 0.29) is 18.6 Å². The molecule has 0 aliphatic carbocycles. The Balaban J connectivity index is 3.61. The van der Waals surface area contributed by atoms with E-state index in [1.165, 1.54) is 0 Å². The van der Waals surface area contributed by atoms with E-state index in [0.29, 0.717) is 12.5 Å². The third-order valence-electron chi connectivity index (χ3n) is 2.50. The summed E-state index contributed by atoms with van der Waals surface area (Å²) in [6.07, 6.45) is 1.15. The molecule has 3 nitrogen and oxygen atoms in total. The molecule has 0 aromatic rings. The van der Waals surface area contributed by atoms with Gasteiger partial charge in [0.15, 0.2) is 0 Å². The molecule has 3 N–H and O–H groups in total. The lowest BCUT2D eigenvalue weighted by molar-refractivity contribution is 0.0691. The number of hydrogen-bond acceptors (Lipinski definition) is 3. The van der Waals surface area contributed by atoms with Crippen LogP contribution in [0.5, 0.6) is 0 Å². The van der Waals surface area contributed by atoms with E-state index < -0.39 is 0 Å². The quantitative estimate of drug-likeness (QED) is 0.550. The van der Waals surface area contributed by atoms with Gasteiger partial charge in [0.1, 0.15) is 0 Å². The molecule has 0 amide bonds. The Hall–Kier alpha value is -0.120. The SMILES string of the molecule is CCC(C)CNCC(C)(CO)CO. The van der Waals surface area contributed by atoms with Crippen molar-refractivity contribution in [3.63, 3.8) is 0 Å². The van der Waals surface area contributed by atoms with E-state index in [0.717, 1.165) is 13.0 Å². The van der Waals surface area contributed by atoms with Crippen LogP contribution in [0.2, 0.25) is 0 Å². The minimum Gasteiger partial charge on any atom is -0.396 e. The fraction of sp³-hybridized carbons (Fsp3) is 1.00. The van der Waals surface area contributed by atoms with Crippen LogP contribution in [0.4, 0.5) is 0 Å². The molecule has 0 aliphatic heterocycles. The Morgan fingerprint density at radius 2 is 1.85 bits per heavy atom. The summed E-state index contributed by atoms with van der Waals surface area (Å²) in [5.74, 6) is 0.654. The molecule has 3 heteroatoms. The van der Waals surface area contributed by atoms with Gasteiger partial charge >= 0.3 is 0 Å². The van der Waals surface area contributed by atoms with Crippen molar-refractivity contribution >= 4 is 0 Å². The topological polar surface area (TPSA) is 52.5 Å². The van der Waals surface area contributed by atoms with Gasteiger partial charge in [-0.25, -0.2) is 0 Å². The summed E-state index contributed by atoms with van der Waals surface area (Å²) in [4.78, 5) is 0. The van der Waals surface area contributed by atoms with Gasteiger partial charge in [0.25, 0.3) is 0 Å². The van der Waals surface area contributed by atoms with Gasteiger partial charge in [0, 0.05) is 12.0 Å². The highest BCUT2D eigenvalue weighted by Gasteiger charge is 2.21. The molecule has 0 heterocycles. The van der Waals surface area contributed by atoms with E-state index >= 15 is 0 Å². The number of nitrogens with one attached hydrogen (secondary N) is 1. The lowest BCUT2D eigenvalue weighted by atomic mass is 9.93. The average molecular weight is 189 g/mol. The number of aliphatic hydroxyl groups excluding tert-OH is 2. The zero-order valence-corrected chi connectivity index (χ0v) is 9.01. The van der Waals surface area contributed by atoms with Crippen molar-refractivity contribution in [1.82, 2.24) is 5.32 Å². The zero-order chi connectivity index (χ0) is 10.3. The van der Waals surface area contributed by atoms with Gasteiger partial charge in [0.2, 0.25) is 0 Å². The number of rotatable bonds is 7. The second-order valence-electron chi connectivity index (χ2n) is 4.27. The van der Waals surface area contributed by atoms with Crippen LogP contribution in [0, 0.1) is 11.3 Å². The Bertz CT molecular complexity index is 124. The van der Waals surface area contributed by atoms with Crippen LogP contribution in [-0.2, 0) is 0 Å². The maximum atomic E-state index is 9.01. The molecular formula is C10H23NO2. The predicted octanol–water partition coefficient (Wildman–Crippen LogP) is 0.613. The summed E-state index contributed by atoms with van der Waals surface area (Å²) >= 11 is 0. The van der Waals surface area contributed by atoms with Gasteiger partial charge in [-0.2, -0.15) is 0 Å². The second-order valence-corrected chi connectivity index (χ2v) is 4.27. The minimum absolute atomic E-state index is 0.0248. The molecule has 0 fully saturated rings. The molecule has 0 aliphatic rings. The summed E-state index contributed by atoms with van der Waals surface area (Å²) < 4.78 is 0. The van der Waals surface area contributed by atoms with E-state index in [1.807, 2.05) is 6.92 Å². The highest BCUT2D eigenvalue weighted by Crippen LogP contribution is 2.12. The van der Waals surface area contributed by atoms with E-state index in [4.69, 9.17) is 10.2 Å². The van der Waals surface area contributed by atoms with Gasteiger partial charge in [-0.15, -0.1) is 0 Å². The highest BCUT2D eigenvalue weighted by atomic mass is 16.3. The largest absolute Gasteiger partial charge is 0.396 e. The van der Waals surface area contributed by atoms with Crippen LogP contribution in [-0.4, -0.2) is 36.5 Å². The second kappa shape index (κ2) is 6.35. The summed E-state index contributed by atoms with van der Waals surface area (Å²) in [5, 5.41) is 21.3. The van der Waals surface area contributed by atoms with Crippen molar-refractivity contribution in [2.75, 3.05) is 26.3 Å². The first-order valence-corrected chi connectivity index (χ1v) is 5.00. The van der Waals surface area contributed by atoms with Crippen molar-refractivity contribution < 1.29 is 10.2 Å². The summed E-state index contributed by atoms with van der Waals surface area (Å²) in [6, 6.07) is 0. The molecule has 0 saturated heterocycles. The molecule has 80 valence electrons. The molecule has 13 heavy (non-hydrogen) atoms. The summed E-state index contributed by atoms with van der Waals surface area (Å²) in [6.45, 7) is 7.88. The number of aliphatic hydroxyl groups is 2. The monoisotopic (exact) mass is 189 g/mol. The normalized spacial score (nSPS) is 14.5. The Morgan fingerprint density at radius 1 is 1.31 bits per heavy atom. The summed E-state index contributed by atoms with van der Waals surface area (Å²) in [7, 11) is 0. The van der Waals surface area contributed by atoms with Gasteiger partial charge in [-0.1, -0.05) is 27.2 Å². The van der Waals surface area contributed by atoms with E-state index in [2.05, 4.69) is 19.2 Å². The van der Waals surface area contributed by atoms with Crippen LogP contribution in [0.3, 0.4) is 0 Å². The standard InChI is InChI=1S/C10H23NO2/c1-4-9(2)5-11-6-10(3,7-12)8-13/h9,11-13H,4-8H2,1-3H3. The maximum absolute atomic E-state index is 9.01. The average Bonchev–Trinajstić information content (AvgIpc) is 2.17. The first-order chi connectivity index (χ1) is 6.08. The number of hydrogen-bond donors (Lipinski definition) is 3. The lowest BCUT2D eigenvalue weighted by Gasteiger charge is -2.25. The summed E-state index contributed by atoms with van der Waals surface area (Å²) in [5.41, 5.74) is -0.381. The van der Waals surface area contributed by atoms with Crippen LogP contribution >= 0.6 is 0 Å². The zero-order valence-electron chi connectivity index (χ0n) is 9.01. The van der Waals surface area contributed by atoms with Gasteiger partial charge in [-0.3, -0.25) is 0 Å². The van der Waals surface area contributed by atoms with Crippen LogP contribution in [0.15, 0.2) is 0 Å². The molecule has 0 saturated carbocycles. The van der Waals surface area contributed by atoms with Crippen molar-refractivity contribution in [1.29, 1.82) is 0 Å². The van der Waals surface area contributed by atoms with Gasteiger partial charge in [0.05, 0.1) is 13.2 Å². The fourth-order valence-corrected chi connectivity index (χ4v) is 0.926. The Labute approximate surface area is 81.2 Å². The molecule has 0 rings (SSSR count). The smallest absolute Gasteiger partial charge is 0.0518 e. The van der Waals surface area contributed by atoms with Gasteiger partial charge in [-0.05, 0) is 12.5 Å². The first-order valence-electron chi connectivity index (χ1n) is 5.00.